The predicted molar refractivity (Wildman–Crippen MR) is 20.5 cm³/mol. The van der Waals surface area contributed by atoms with Gasteiger partial charge in [0.05, 0.1) is 12.5 Å². The van der Waals surface area contributed by atoms with Crippen LogP contribution in [0.1, 0.15) is 6.42 Å². The minimum atomic E-state index is -1.79. The van der Waals surface area contributed by atoms with Gasteiger partial charge < -0.3 is 0 Å². The number of nitriles is 1. The van der Waals surface area contributed by atoms with E-state index in [2.05, 4.69) is 0 Å². The molecule has 0 spiro atoms. The fourth-order valence-electron chi connectivity index (χ4n) is 0.123. The van der Waals surface area contributed by atoms with Crippen LogP contribution in [0, 0.1) is 11.3 Å². The first-order chi connectivity index (χ1) is 3.27. The van der Waals surface area contributed by atoms with Gasteiger partial charge in [-0.05, 0) is 6.08 Å². The van der Waals surface area contributed by atoms with Crippen molar-refractivity contribution in [2.75, 3.05) is 0 Å². The van der Waals surface area contributed by atoms with E-state index >= 15 is 0 Å². The highest BCUT2D eigenvalue weighted by molar-refractivity contribution is 4.89. The maximum atomic E-state index is 10.9. The first-order valence-electron chi connectivity index (χ1n) is 1.65. The topological polar surface area (TPSA) is 23.8 Å². The molecule has 3 heteroatoms. The first kappa shape index (κ1) is 6.09. The largest absolute Gasteiger partial charge is 0.267 e. The Bertz CT molecular complexity index is 107. The van der Waals surface area contributed by atoms with E-state index in [4.69, 9.17) is 5.26 Å². The SMILES string of the molecule is N#CCC=C(F)F. The molecule has 0 aromatic rings. The molecule has 0 aromatic carbocycles. The van der Waals surface area contributed by atoms with Crippen molar-refractivity contribution in [2.45, 2.75) is 6.42 Å². The molecule has 0 saturated carbocycles. The molecule has 0 bridgehead atoms. The predicted octanol–water partition coefficient (Wildman–Crippen LogP) is 1.68. The lowest BCUT2D eigenvalue weighted by atomic mass is 10.5. The van der Waals surface area contributed by atoms with Gasteiger partial charge in [-0.1, -0.05) is 0 Å². The van der Waals surface area contributed by atoms with E-state index in [0.717, 1.165) is 0 Å². The molecule has 7 heavy (non-hydrogen) atoms. The van der Waals surface area contributed by atoms with Crippen LogP contribution < -0.4 is 0 Å². The number of allylic oxidation sites excluding steroid dienone is 1. The molecule has 0 rings (SSSR count). The molecule has 0 saturated heterocycles. The highest BCUT2D eigenvalue weighted by Gasteiger charge is 1.82. The fourth-order valence-corrected chi connectivity index (χ4v) is 0.123. The van der Waals surface area contributed by atoms with Gasteiger partial charge in [-0.2, -0.15) is 14.0 Å². The number of halogens is 2. The summed E-state index contributed by atoms with van der Waals surface area (Å²) in [6, 6.07) is 1.54. The van der Waals surface area contributed by atoms with E-state index in [0.29, 0.717) is 6.08 Å². The lowest BCUT2D eigenvalue weighted by Crippen LogP contribution is -1.57. The van der Waals surface area contributed by atoms with Gasteiger partial charge in [0.25, 0.3) is 6.08 Å². The van der Waals surface area contributed by atoms with Crippen molar-refractivity contribution in [1.29, 1.82) is 5.26 Å². The van der Waals surface area contributed by atoms with Crippen LogP contribution in [0.3, 0.4) is 0 Å². The van der Waals surface area contributed by atoms with Crippen molar-refractivity contribution in [3.8, 4) is 6.07 Å². The van der Waals surface area contributed by atoms with Crippen molar-refractivity contribution < 1.29 is 8.78 Å². The maximum Gasteiger partial charge on any atom is 0.267 e. The molecule has 0 heterocycles. The molecule has 1 nitrogen and oxygen atoms in total. The molecular weight excluding hydrogens is 100 g/mol. The minimum absolute atomic E-state index is 0.206. The number of rotatable bonds is 1. The van der Waals surface area contributed by atoms with Gasteiger partial charge in [0, 0.05) is 0 Å². The van der Waals surface area contributed by atoms with E-state index < -0.39 is 6.08 Å². The Hall–Kier alpha value is -0.910. The normalized spacial score (nSPS) is 7.00. The van der Waals surface area contributed by atoms with Crippen LogP contribution in [-0.2, 0) is 0 Å². The molecule has 0 aliphatic heterocycles. The Kier molecular flexibility index (Phi) is 2.86. The summed E-state index contributed by atoms with van der Waals surface area (Å²) in [5.41, 5.74) is 0. The van der Waals surface area contributed by atoms with Gasteiger partial charge in [-0.25, -0.2) is 0 Å². The van der Waals surface area contributed by atoms with Gasteiger partial charge in [0.1, 0.15) is 0 Å². The van der Waals surface area contributed by atoms with Crippen molar-refractivity contribution in [1.82, 2.24) is 0 Å². The Morgan fingerprint density at radius 2 is 2.29 bits per heavy atom. The minimum Gasteiger partial charge on any atom is -0.198 e. The first-order valence-corrected chi connectivity index (χ1v) is 1.65. The van der Waals surface area contributed by atoms with Crippen LogP contribution in [0.25, 0.3) is 0 Å². The smallest absolute Gasteiger partial charge is 0.198 e. The second-order valence-corrected chi connectivity index (χ2v) is 0.856. The molecule has 0 aliphatic rings. The highest BCUT2D eigenvalue weighted by atomic mass is 19.3. The van der Waals surface area contributed by atoms with Crippen molar-refractivity contribution in [2.24, 2.45) is 0 Å². The summed E-state index contributed by atoms with van der Waals surface area (Å²) >= 11 is 0. The van der Waals surface area contributed by atoms with Crippen LogP contribution in [0.4, 0.5) is 8.78 Å². The lowest BCUT2D eigenvalue weighted by Gasteiger charge is -1.69. The summed E-state index contributed by atoms with van der Waals surface area (Å²) in [6.45, 7) is 0. The van der Waals surface area contributed by atoms with E-state index in [1.54, 1.807) is 6.07 Å². The Morgan fingerprint density at radius 3 is 2.43 bits per heavy atom. The van der Waals surface area contributed by atoms with Crippen LogP contribution in [0.5, 0.6) is 0 Å². The molecule has 0 amide bonds. The van der Waals surface area contributed by atoms with Gasteiger partial charge in [0.15, 0.2) is 0 Å². The van der Waals surface area contributed by atoms with Gasteiger partial charge in [0.2, 0.25) is 0 Å². The molecule has 0 radical (unpaired) electrons. The number of hydrogen-bond donors (Lipinski definition) is 0. The average Bonchev–Trinajstić information content (AvgIpc) is 1.61. The summed E-state index contributed by atoms with van der Waals surface area (Å²) in [4.78, 5) is 0. The summed E-state index contributed by atoms with van der Waals surface area (Å²) in [5, 5.41) is 7.69. The molecule has 0 aliphatic carbocycles. The Labute approximate surface area is 39.9 Å². The zero-order chi connectivity index (χ0) is 5.70. The zero-order valence-corrected chi connectivity index (χ0v) is 3.49. The second-order valence-electron chi connectivity index (χ2n) is 0.856. The Balaban J connectivity index is 3.32. The maximum absolute atomic E-state index is 10.9. The number of nitrogens with zero attached hydrogens (tertiary/aromatic N) is 1. The molecular formula is C4H3F2N. The lowest BCUT2D eigenvalue weighted by molar-refractivity contribution is 0.419. The van der Waals surface area contributed by atoms with E-state index in [-0.39, 0.29) is 6.42 Å². The van der Waals surface area contributed by atoms with E-state index in [9.17, 15) is 8.78 Å². The number of hydrogen-bond acceptors (Lipinski definition) is 1. The van der Waals surface area contributed by atoms with Crippen molar-refractivity contribution in [3.05, 3.63) is 12.2 Å². The van der Waals surface area contributed by atoms with Crippen LogP contribution in [0.15, 0.2) is 12.2 Å². The summed E-state index contributed by atoms with van der Waals surface area (Å²) in [7, 11) is 0. The zero-order valence-electron chi connectivity index (χ0n) is 3.49. The van der Waals surface area contributed by atoms with E-state index in [1.165, 1.54) is 0 Å². The average molecular weight is 103 g/mol. The second kappa shape index (κ2) is 3.29. The van der Waals surface area contributed by atoms with Crippen molar-refractivity contribution in [3.63, 3.8) is 0 Å². The molecule has 0 fully saturated rings. The molecule has 0 atom stereocenters. The molecule has 38 valence electrons. The van der Waals surface area contributed by atoms with Crippen LogP contribution >= 0.6 is 0 Å². The molecule has 0 N–H and O–H groups in total. The van der Waals surface area contributed by atoms with Crippen molar-refractivity contribution >= 4 is 0 Å². The summed E-state index contributed by atoms with van der Waals surface area (Å²) in [6.07, 6.45) is -1.43. The monoisotopic (exact) mass is 103 g/mol. The fraction of sp³-hybridized carbons (Fsp3) is 0.250. The van der Waals surface area contributed by atoms with Gasteiger partial charge >= 0.3 is 0 Å². The van der Waals surface area contributed by atoms with Crippen LogP contribution in [-0.4, -0.2) is 0 Å². The Morgan fingerprint density at radius 1 is 1.71 bits per heavy atom. The highest BCUT2D eigenvalue weighted by Crippen LogP contribution is 1.96. The molecule has 0 unspecified atom stereocenters. The standard InChI is InChI=1S/C4H3F2N/c5-4(6)2-1-3-7/h2H,1H2. The third-order valence-electron chi connectivity index (χ3n) is 0.348. The molecule has 0 aromatic heterocycles. The quantitative estimate of drug-likeness (QED) is 0.495. The van der Waals surface area contributed by atoms with Gasteiger partial charge in [-0.15, -0.1) is 0 Å². The summed E-state index contributed by atoms with van der Waals surface area (Å²) < 4.78 is 21.9. The van der Waals surface area contributed by atoms with E-state index in [1.807, 2.05) is 0 Å². The van der Waals surface area contributed by atoms with Crippen LogP contribution in [0.2, 0.25) is 0 Å². The third-order valence-corrected chi connectivity index (χ3v) is 0.348. The summed E-state index contributed by atoms with van der Waals surface area (Å²) in [5.74, 6) is 0. The third kappa shape index (κ3) is 5.09. The van der Waals surface area contributed by atoms with Gasteiger partial charge in [-0.3, -0.25) is 0 Å².